The number of amides is 2. The summed E-state index contributed by atoms with van der Waals surface area (Å²) in [6.45, 7) is 1.12. The van der Waals surface area contributed by atoms with Crippen LogP contribution in [0.4, 0.5) is 15.0 Å². The van der Waals surface area contributed by atoms with Crippen LogP contribution in [-0.4, -0.2) is 27.6 Å². The second kappa shape index (κ2) is 6.35. The summed E-state index contributed by atoms with van der Waals surface area (Å²) in [5.74, 6) is 0.116. The second-order valence-corrected chi connectivity index (χ2v) is 5.80. The van der Waals surface area contributed by atoms with Crippen molar-refractivity contribution in [2.75, 3.05) is 11.9 Å². The zero-order valence-corrected chi connectivity index (χ0v) is 13.3. The Labute approximate surface area is 143 Å². The summed E-state index contributed by atoms with van der Waals surface area (Å²) in [6, 6.07) is 9.41. The summed E-state index contributed by atoms with van der Waals surface area (Å²) in [6.07, 6.45) is 4.32. The van der Waals surface area contributed by atoms with Gasteiger partial charge < -0.3 is 9.42 Å². The summed E-state index contributed by atoms with van der Waals surface area (Å²) in [5, 5.41) is 6.50. The van der Waals surface area contributed by atoms with E-state index in [1.165, 1.54) is 12.1 Å². The van der Waals surface area contributed by atoms with Crippen LogP contribution in [0.2, 0.25) is 0 Å². The lowest BCUT2D eigenvalue weighted by Crippen LogP contribution is -2.38. The lowest BCUT2D eigenvalue weighted by Gasteiger charge is -2.28. The molecule has 7 heteroatoms. The third-order valence-corrected chi connectivity index (χ3v) is 4.19. The van der Waals surface area contributed by atoms with Gasteiger partial charge in [0.15, 0.2) is 11.6 Å². The van der Waals surface area contributed by atoms with Crippen molar-refractivity contribution in [1.29, 1.82) is 0 Å². The zero-order valence-electron chi connectivity index (χ0n) is 13.3. The summed E-state index contributed by atoms with van der Waals surface area (Å²) in [5.41, 5.74) is 2.55. The van der Waals surface area contributed by atoms with Crippen LogP contribution in [0.25, 0.3) is 11.3 Å². The highest BCUT2D eigenvalue weighted by Crippen LogP contribution is 2.25. The number of carbonyl (C=O) groups is 1. The Morgan fingerprint density at radius 3 is 3.00 bits per heavy atom. The fourth-order valence-corrected chi connectivity index (χ4v) is 2.86. The maximum absolute atomic E-state index is 13.8. The highest BCUT2D eigenvalue weighted by Gasteiger charge is 2.22. The molecule has 3 aromatic rings. The number of halogens is 1. The summed E-state index contributed by atoms with van der Waals surface area (Å²) >= 11 is 0. The number of rotatable bonds is 2. The minimum Gasteiger partial charge on any atom is -0.354 e. The molecule has 2 amide bonds. The normalized spacial score (nSPS) is 13.4. The highest BCUT2D eigenvalue weighted by molar-refractivity contribution is 5.89. The van der Waals surface area contributed by atoms with Crippen LogP contribution in [0.3, 0.4) is 0 Å². The van der Waals surface area contributed by atoms with E-state index < -0.39 is 5.82 Å². The van der Waals surface area contributed by atoms with Crippen molar-refractivity contribution >= 4 is 11.8 Å². The van der Waals surface area contributed by atoms with Gasteiger partial charge in [0.05, 0.1) is 5.56 Å². The van der Waals surface area contributed by atoms with Crippen LogP contribution in [0.1, 0.15) is 11.1 Å². The smallest absolute Gasteiger partial charge is 0.323 e. The molecule has 0 saturated heterocycles. The monoisotopic (exact) mass is 338 g/mol. The van der Waals surface area contributed by atoms with Crippen LogP contribution in [0, 0.1) is 5.82 Å². The van der Waals surface area contributed by atoms with Gasteiger partial charge in [-0.25, -0.2) is 9.18 Å². The fraction of sp³-hybridized carbons (Fsp3) is 0.167. The van der Waals surface area contributed by atoms with E-state index >= 15 is 0 Å². The van der Waals surface area contributed by atoms with Gasteiger partial charge in [0, 0.05) is 31.5 Å². The topological polar surface area (TPSA) is 71.3 Å². The Bertz CT molecular complexity index is 925. The SMILES string of the molecule is O=C(Nc1cc(-c2ccccc2F)on1)N1CCc2cnccc2C1. The molecule has 1 aliphatic rings. The van der Waals surface area contributed by atoms with Gasteiger partial charge in [-0.05, 0) is 35.7 Å². The predicted molar refractivity (Wildman–Crippen MR) is 89.3 cm³/mol. The number of benzene rings is 1. The van der Waals surface area contributed by atoms with Crippen molar-refractivity contribution < 1.29 is 13.7 Å². The average molecular weight is 338 g/mol. The van der Waals surface area contributed by atoms with E-state index in [4.69, 9.17) is 4.52 Å². The molecule has 1 aromatic carbocycles. The van der Waals surface area contributed by atoms with Gasteiger partial charge in [0.1, 0.15) is 5.82 Å². The van der Waals surface area contributed by atoms with E-state index in [0.29, 0.717) is 18.7 Å². The molecule has 0 aliphatic carbocycles. The lowest BCUT2D eigenvalue weighted by atomic mass is 10.0. The number of urea groups is 1. The van der Waals surface area contributed by atoms with Gasteiger partial charge in [-0.15, -0.1) is 0 Å². The molecule has 1 N–H and O–H groups in total. The molecule has 0 bridgehead atoms. The number of nitrogens with one attached hydrogen (secondary N) is 1. The van der Waals surface area contributed by atoms with Crippen molar-refractivity contribution in [2.24, 2.45) is 0 Å². The van der Waals surface area contributed by atoms with Gasteiger partial charge in [-0.3, -0.25) is 10.3 Å². The van der Waals surface area contributed by atoms with Crippen molar-refractivity contribution in [3.8, 4) is 11.3 Å². The van der Waals surface area contributed by atoms with Crippen molar-refractivity contribution in [3.05, 3.63) is 65.7 Å². The standard InChI is InChI=1S/C18H15FN4O2/c19-15-4-2-1-3-14(15)16-9-17(22-25-16)21-18(24)23-8-6-12-10-20-7-5-13(12)11-23/h1-5,7,9-10H,6,8,11H2,(H,21,22,24). The number of carbonyl (C=O) groups excluding carboxylic acids is 1. The lowest BCUT2D eigenvalue weighted by molar-refractivity contribution is 0.206. The number of hydrogen-bond donors (Lipinski definition) is 1. The molecule has 6 nitrogen and oxygen atoms in total. The molecule has 25 heavy (non-hydrogen) atoms. The quantitative estimate of drug-likeness (QED) is 0.777. The van der Waals surface area contributed by atoms with Gasteiger partial charge in [0.2, 0.25) is 0 Å². The van der Waals surface area contributed by atoms with E-state index in [2.05, 4.69) is 15.5 Å². The van der Waals surface area contributed by atoms with E-state index in [1.54, 1.807) is 29.3 Å². The molecule has 3 heterocycles. The number of anilines is 1. The molecule has 0 spiro atoms. The molecule has 1 aliphatic heterocycles. The maximum atomic E-state index is 13.8. The number of aromatic nitrogens is 2. The largest absolute Gasteiger partial charge is 0.354 e. The molecule has 126 valence electrons. The highest BCUT2D eigenvalue weighted by atomic mass is 19.1. The van der Waals surface area contributed by atoms with Crippen molar-refractivity contribution in [2.45, 2.75) is 13.0 Å². The van der Waals surface area contributed by atoms with Crippen molar-refractivity contribution in [3.63, 3.8) is 0 Å². The van der Waals surface area contributed by atoms with Gasteiger partial charge in [-0.1, -0.05) is 17.3 Å². The van der Waals surface area contributed by atoms with Crippen LogP contribution in [-0.2, 0) is 13.0 Å². The molecule has 0 fully saturated rings. The second-order valence-electron chi connectivity index (χ2n) is 5.80. The fourth-order valence-electron chi connectivity index (χ4n) is 2.86. The van der Waals surface area contributed by atoms with E-state index in [9.17, 15) is 9.18 Å². The predicted octanol–water partition coefficient (Wildman–Crippen LogP) is 3.47. The maximum Gasteiger partial charge on any atom is 0.323 e. The number of pyridine rings is 1. The average Bonchev–Trinajstić information content (AvgIpc) is 3.10. The van der Waals surface area contributed by atoms with Crippen LogP contribution >= 0.6 is 0 Å². The molecule has 0 atom stereocenters. The molecule has 2 aromatic heterocycles. The Balaban J connectivity index is 1.47. The Hall–Kier alpha value is -3.22. The van der Waals surface area contributed by atoms with E-state index in [0.717, 1.165) is 17.5 Å². The molecule has 0 radical (unpaired) electrons. The van der Waals surface area contributed by atoms with Gasteiger partial charge in [-0.2, -0.15) is 0 Å². The first-order valence-electron chi connectivity index (χ1n) is 7.90. The van der Waals surface area contributed by atoms with Gasteiger partial charge >= 0.3 is 6.03 Å². The molecule has 4 rings (SSSR count). The van der Waals surface area contributed by atoms with E-state index in [1.807, 2.05) is 12.3 Å². The van der Waals surface area contributed by atoms with Crippen molar-refractivity contribution in [1.82, 2.24) is 15.0 Å². The summed E-state index contributed by atoms with van der Waals surface area (Å²) < 4.78 is 18.9. The molecule has 0 saturated carbocycles. The van der Waals surface area contributed by atoms with Crippen LogP contribution < -0.4 is 5.32 Å². The first-order chi connectivity index (χ1) is 12.2. The first-order valence-corrected chi connectivity index (χ1v) is 7.90. The van der Waals surface area contributed by atoms with Gasteiger partial charge in [0.25, 0.3) is 0 Å². The Morgan fingerprint density at radius 2 is 2.12 bits per heavy atom. The summed E-state index contributed by atoms with van der Waals surface area (Å²) in [4.78, 5) is 18.2. The third kappa shape index (κ3) is 3.08. The van der Waals surface area contributed by atoms with E-state index in [-0.39, 0.29) is 17.6 Å². The number of fused-ring (bicyclic) bond motifs is 1. The Morgan fingerprint density at radius 1 is 1.24 bits per heavy atom. The minimum absolute atomic E-state index is 0.253. The first kappa shape index (κ1) is 15.3. The van der Waals surface area contributed by atoms with Crippen LogP contribution in [0.5, 0.6) is 0 Å². The van der Waals surface area contributed by atoms with Crippen LogP contribution in [0.15, 0.2) is 53.3 Å². The number of hydrogen-bond acceptors (Lipinski definition) is 4. The minimum atomic E-state index is -0.405. The zero-order chi connectivity index (χ0) is 17.2. The molecular formula is C18H15FN4O2. The Kier molecular flexibility index (Phi) is 3.89. The molecular weight excluding hydrogens is 323 g/mol. The molecule has 0 unspecified atom stereocenters. The summed E-state index contributed by atoms with van der Waals surface area (Å²) in [7, 11) is 0. The third-order valence-electron chi connectivity index (χ3n) is 4.19. The number of nitrogens with zero attached hydrogens (tertiary/aromatic N) is 3.